The van der Waals surface area contributed by atoms with Gasteiger partial charge in [-0.25, -0.2) is 4.79 Å². The number of carbonyl (C=O) groups is 1. The summed E-state index contributed by atoms with van der Waals surface area (Å²) >= 11 is 3.35. The molecule has 1 atom stereocenters. The van der Waals surface area contributed by atoms with Gasteiger partial charge in [0, 0.05) is 10.2 Å². The number of halogens is 1. The van der Waals surface area contributed by atoms with Gasteiger partial charge in [0.05, 0.1) is 0 Å². The number of anilines is 1. The third kappa shape index (κ3) is 5.22. The lowest BCUT2D eigenvalue weighted by molar-refractivity contribution is -0.138. The number of nitrogens with one attached hydrogen (secondary N) is 1. The highest BCUT2D eigenvalue weighted by Crippen LogP contribution is 2.23. The SMILES string of the molecule is CC(C)(C)CC(Nc1ccc(Br)cc1)C(=O)O. The molecule has 0 aliphatic carbocycles. The van der Waals surface area contributed by atoms with Crippen LogP contribution in [0.1, 0.15) is 27.2 Å². The molecule has 4 heteroatoms. The highest BCUT2D eigenvalue weighted by molar-refractivity contribution is 9.10. The summed E-state index contributed by atoms with van der Waals surface area (Å²) in [6.45, 7) is 6.10. The number of rotatable bonds is 4. The summed E-state index contributed by atoms with van der Waals surface area (Å²) < 4.78 is 0.978. The normalized spacial score (nSPS) is 13.2. The summed E-state index contributed by atoms with van der Waals surface area (Å²) in [4.78, 5) is 11.2. The van der Waals surface area contributed by atoms with Gasteiger partial charge < -0.3 is 10.4 Å². The van der Waals surface area contributed by atoms with Crippen molar-refractivity contribution < 1.29 is 9.90 Å². The highest BCUT2D eigenvalue weighted by atomic mass is 79.9. The Bertz CT molecular complexity index is 381. The first-order chi connectivity index (χ1) is 7.78. The van der Waals surface area contributed by atoms with Crippen LogP contribution in [0.5, 0.6) is 0 Å². The van der Waals surface area contributed by atoms with Crippen molar-refractivity contribution >= 4 is 27.6 Å². The number of carboxylic acid groups (broad SMARTS) is 1. The van der Waals surface area contributed by atoms with Crippen LogP contribution in [0, 0.1) is 5.41 Å². The smallest absolute Gasteiger partial charge is 0.326 e. The second kappa shape index (κ2) is 5.54. The third-order valence-electron chi connectivity index (χ3n) is 2.30. The summed E-state index contributed by atoms with van der Waals surface area (Å²) in [5.74, 6) is -0.817. The van der Waals surface area contributed by atoms with E-state index in [1.807, 2.05) is 45.0 Å². The molecule has 0 amide bonds. The Hall–Kier alpha value is -1.03. The highest BCUT2D eigenvalue weighted by Gasteiger charge is 2.24. The number of benzene rings is 1. The fourth-order valence-corrected chi connectivity index (χ4v) is 1.82. The van der Waals surface area contributed by atoms with Crippen molar-refractivity contribution in [3.63, 3.8) is 0 Å². The van der Waals surface area contributed by atoms with E-state index in [4.69, 9.17) is 0 Å². The fourth-order valence-electron chi connectivity index (χ4n) is 1.56. The van der Waals surface area contributed by atoms with E-state index in [0.29, 0.717) is 6.42 Å². The number of aliphatic carboxylic acids is 1. The second-order valence-corrected chi connectivity index (χ2v) is 6.22. The molecule has 1 aromatic carbocycles. The van der Waals surface area contributed by atoms with Crippen molar-refractivity contribution in [2.75, 3.05) is 5.32 Å². The van der Waals surface area contributed by atoms with Crippen molar-refractivity contribution in [2.45, 2.75) is 33.2 Å². The molecule has 3 nitrogen and oxygen atoms in total. The average molecular weight is 300 g/mol. The molecule has 0 spiro atoms. The maximum atomic E-state index is 11.2. The molecule has 94 valence electrons. The van der Waals surface area contributed by atoms with E-state index in [1.54, 1.807) is 0 Å². The van der Waals surface area contributed by atoms with Gasteiger partial charge in [-0.2, -0.15) is 0 Å². The Morgan fingerprint density at radius 3 is 2.29 bits per heavy atom. The molecular weight excluding hydrogens is 282 g/mol. The van der Waals surface area contributed by atoms with Gasteiger partial charge in [-0.15, -0.1) is 0 Å². The monoisotopic (exact) mass is 299 g/mol. The Morgan fingerprint density at radius 1 is 1.35 bits per heavy atom. The summed E-state index contributed by atoms with van der Waals surface area (Å²) in [6.07, 6.45) is 0.582. The van der Waals surface area contributed by atoms with Crippen molar-refractivity contribution in [1.82, 2.24) is 0 Å². The molecule has 0 fully saturated rings. The topological polar surface area (TPSA) is 49.3 Å². The van der Waals surface area contributed by atoms with Crippen molar-refractivity contribution in [3.05, 3.63) is 28.7 Å². The zero-order chi connectivity index (χ0) is 13.1. The number of hydrogen-bond donors (Lipinski definition) is 2. The predicted octanol–water partition coefficient (Wildman–Crippen LogP) is 3.75. The van der Waals surface area contributed by atoms with E-state index in [2.05, 4.69) is 21.2 Å². The van der Waals surface area contributed by atoms with Crippen LogP contribution >= 0.6 is 15.9 Å². The van der Waals surface area contributed by atoms with Gasteiger partial charge in [0.15, 0.2) is 0 Å². The molecule has 0 aliphatic rings. The Kier molecular flexibility index (Phi) is 4.57. The lowest BCUT2D eigenvalue weighted by Gasteiger charge is -2.24. The quantitative estimate of drug-likeness (QED) is 0.890. The van der Waals surface area contributed by atoms with Crippen LogP contribution in [0.3, 0.4) is 0 Å². The first-order valence-electron chi connectivity index (χ1n) is 5.53. The van der Waals surface area contributed by atoms with Crippen LogP contribution in [-0.4, -0.2) is 17.1 Å². The zero-order valence-corrected chi connectivity index (χ0v) is 11.9. The van der Waals surface area contributed by atoms with E-state index in [1.165, 1.54) is 0 Å². The van der Waals surface area contributed by atoms with Gasteiger partial charge in [-0.1, -0.05) is 36.7 Å². The van der Waals surface area contributed by atoms with Gasteiger partial charge in [-0.05, 0) is 36.1 Å². The second-order valence-electron chi connectivity index (χ2n) is 5.31. The van der Waals surface area contributed by atoms with Crippen LogP contribution < -0.4 is 5.32 Å². The molecule has 0 radical (unpaired) electrons. The Labute approximate surface area is 110 Å². The Morgan fingerprint density at radius 2 is 1.88 bits per heavy atom. The van der Waals surface area contributed by atoms with E-state index in [-0.39, 0.29) is 5.41 Å². The molecule has 1 rings (SSSR count). The van der Waals surface area contributed by atoms with Crippen LogP contribution in [0.4, 0.5) is 5.69 Å². The maximum absolute atomic E-state index is 11.2. The molecular formula is C13H18BrNO2. The van der Waals surface area contributed by atoms with Crippen molar-refractivity contribution in [2.24, 2.45) is 5.41 Å². The van der Waals surface area contributed by atoms with Gasteiger partial charge in [-0.3, -0.25) is 0 Å². The van der Waals surface area contributed by atoms with Crippen LogP contribution in [0.15, 0.2) is 28.7 Å². The zero-order valence-electron chi connectivity index (χ0n) is 10.3. The first-order valence-corrected chi connectivity index (χ1v) is 6.32. The van der Waals surface area contributed by atoms with Crippen LogP contribution in [-0.2, 0) is 4.79 Å². The largest absolute Gasteiger partial charge is 0.480 e. The van der Waals surface area contributed by atoms with E-state index in [0.717, 1.165) is 10.2 Å². The summed E-state index contributed by atoms with van der Waals surface area (Å²) in [7, 11) is 0. The third-order valence-corrected chi connectivity index (χ3v) is 2.83. The number of hydrogen-bond acceptors (Lipinski definition) is 2. The number of carboxylic acids is 1. The molecule has 0 bridgehead atoms. The van der Waals surface area contributed by atoms with E-state index in [9.17, 15) is 9.90 Å². The molecule has 17 heavy (non-hydrogen) atoms. The lowest BCUT2D eigenvalue weighted by Crippen LogP contribution is -2.33. The molecule has 0 aliphatic heterocycles. The lowest BCUT2D eigenvalue weighted by atomic mass is 9.88. The van der Waals surface area contributed by atoms with Gasteiger partial charge >= 0.3 is 5.97 Å². The predicted molar refractivity (Wildman–Crippen MR) is 73.3 cm³/mol. The maximum Gasteiger partial charge on any atom is 0.326 e. The molecule has 0 saturated carbocycles. The van der Waals surface area contributed by atoms with E-state index < -0.39 is 12.0 Å². The fraction of sp³-hybridized carbons (Fsp3) is 0.462. The molecule has 2 N–H and O–H groups in total. The molecule has 1 aromatic rings. The molecule has 1 unspecified atom stereocenters. The van der Waals surface area contributed by atoms with Crippen molar-refractivity contribution in [3.8, 4) is 0 Å². The standard InChI is InChI=1S/C13H18BrNO2/c1-13(2,3)8-11(12(16)17)15-10-6-4-9(14)5-7-10/h4-7,11,15H,8H2,1-3H3,(H,16,17). The minimum absolute atomic E-state index is 0.0224. The van der Waals surface area contributed by atoms with E-state index >= 15 is 0 Å². The first kappa shape index (κ1) is 14.0. The van der Waals surface area contributed by atoms with Gasteiger partial charge in [0.25, 0.3) is 0 Å². The van der Waals surface area contributed by atoms with Gasteiger partial charge in [0.2, 0.25) is 0 Å². The molecule has 0 aromatic heterocycles. The summed E-state index contributed by atoms with van der Waals surface area (Å²) in [5, 5.41) is 12.2. The van der Waals surface area contributed by atoms with Gasteiger partial charge in [0.1, 0.15) is 6.04 Å². The minimum atomic E-state index is -0.817. The average Bonchev–Trinajstić information content (AvgIpc) is 2.18. The minimum Gasteiger partial charge on any atom is -0.480 e. The Balaban J connectivity index is 2.73. The molecule has 0 saturated heterocycles. The summed E-state index contributed by atoms with van der Waals surface area (Å²) in [5.41, 5.74) is 0.802. The summed E-state index contributed by atoms with van der Waals surface area (Å²) in [6, 6.07) is 6.94. The van der Waals surface area contributed by atoms with Crippen molar-refractivity contribution in [1.29, 1.82) is 0 Å². The van der Waals surface area contributed by atoms with Crippen LogP contribution in [0.2, 0.25) is 0 Å². The molecule has 0 heterocycles. The van der Waals surface area contributed by atoms with Crippen LogP contribution in [0.25, 0.3) is 0 Å².